The predicted octanol–water partition coefficient (Wildman–Crippen LogP) is 6.54. The molecule has 6 rings (SSSR count). The van der Waals surface area contributed by atoms with Crippen LogP contribution in [0.2, 0.25) is 0 Å². The van der Waals surface area contributed by atoms with Crippen molar-refractivity contribution in [1.82, 2.24) is 4.98 Å². The van der Waals surface area contributed by atoms with Gasteiger partial charge in [0, 0.05) is 9.79 Å². The van der Waals surface area contributed by atoms with Gasteiger partial charge in [-0.3, -0.25) is 5.43 Å². The number of anilines is 3. The molecule has 144 valence electrons. The van der Waals surface area contributed by atoms with Crippen molar-refractivity contribution in [2.45, 2.75) is 9.79 Å². The van der Waals surface area contributed by atoms with Crippen molar-refractivity contribution in [3.05, 3.63) is 90.3 Å². The molecule has 0 saturated heterocycles. The fourth-order valence-electron chi connectivity index (χ4n) is 3.54. The van der Waals surface area contributed by atoms with E-state index in [2.05, 4.69) is 53.2 Å². The van der Waals surface area contributed by atoms with E-state index in [-0.39, 0.29) is 0 Å². The van der Waals surface area contributed by atoms with Gasteiger partial charge in [-0.15, -0.1) is 11.3 Å². The summed E-state index contributed by atoms with van der Waals surface area (Å²) in [6.07, 6.45) is 0. The Bertz CT molecular complexity index is 1440. The highest BCUT2D eigenvalue weighted by molar-refractivity contribution is 7.99. The molecule has 0 spiro atoms. The van der Waals surface area contributed by atoms with Gasteiger partial charge in [0.05, 0.1) is 32.2 Å². The highest BCUT2D eigenvalue weighted by Gasteiger charge is 2.18. The van der Waals surface area contributed by atoms with E-state index in [1.807, 2.05) is 42.5 Å². The largest absolute Gasteiger partial charge is 0.352 e. The molecule has 2 heterocycles. The van der Waals surface area contributed by atoms with E-state index in [1.165, 1.54) is 14.5 Å². The maximum atomic E-state index is 4.86. The Morgan fingerprint density at radius 2 is 1.63 bits per heavy atom. The Hall–Kier alpha value is -3.35. The molecule has 0 aromatic heterocycles. The van der Waals surface area contributed by atoms with Crippen LogP contribution in [0.25, 0.3) is 20.8 Å². The average molecular weight is 425 g/mol. The number of nitrogens with one attached hydrogen (secondary N) is 2. The molecule has 0 radical (unpaired) electrons. The van der Waals surface area contributed by atoms with Gasteiger partial charge in [-0.05, 0) is 48.5 Å². The van der Waals surface area contributed by atoms with Crippen LogP contribution in [0.3, 0.4) is 0 Å². The van der Waals surface area contributed by atoms with Crippen molar-refractivity contribution in [2.75, 3.05) is 10.7 Å². The third kappa shape index (κ3) is 3.01. The first-order valence-corrected chi connectivity index (χ1v) is 11.2. The molecule has 2 N–H and O–H groups in total. The molecule has 0 fully saturated rings. The second-order valence-electron chi connectivity index (χ2n) is 6.93. The molecule has 0 saturated carbocycles. The zero-order valence-corrected chi connectivity index (χ0v) is 17.4. The van der Waals surface area contributed by atoms with Gasteiger partial charge in [-0.25, -0.2) is 4.98 Å². The summed E-state index contributed by atoms with van der Waals surface area (Å²) in [7, 11) is 0. The normalized spacial score (nSPS) is 13.0. The Balaban J connectivity index is 1.42. The molecule has 0 unspecified atom stereocenters. The second kappa shape index (κ2) is 7.16. The highest BCUT2D eigenvalue weighted by atomic mass is 32.2. The Morgan fingerprint density at radius 1 is 0.800 bits per heavy atom. The van der Waals surface area contributed by atoms with Crippen LogP contribution in [0.15, 0.2) is 99.8 Å². The minimum atomic E-state index is 0.830. The van der Waals surface area contributed by atoms with E-state index in [0.29, 0.717) is 0 Å². The Kier molecular flexibility index (Phi) is 4.18. The van der Waals surface area contributed by atoms with Gasteiger partial charge < -0.3 is 5.32 Å². The van der Waals surface area contributed by atoms with Gasteiger partial charge in [0.1, 0.15) is 11.1 Å². The number of fused-ring (bicyclic) bond motifs is 4. The van der Waals surface area contributed by atoms with Gasteiger partial charge in [0.25, 0.3) is 0 Å². The summed E-state index contributed by atoms with van der Waals surface area (Å²) in [5.41, 5.74) is 8.28. The number of aromatic nitrogens is 1. The van der Waals surface area contributed by atoms with Crippen LogP contribution < -0.4 is 16.1 Å². The SMILES string of the molecule is c1ccc2c(c1)Nc1c(NN=c3cccc4sc5ccccc5nc3-4)cccc1S2. The number of para-hydroxylation sites is 4. The molecule has 30 heavy (non-hydrogen) atoms. The lowest BCUT2D eigenvalue weighted by atomic mass is 10.2. The van der Waals surface area contributed by atoms with E-state index in [1.54, 1.807) is 23.1 Å². The Labute approximate surface area is 181 Å². The Morgan fingerprint density at radius 3 is 2.63 bits per heavy atom. The number of nitrogens with zero attached hydrogens (tertiary/aromatic N) is 2. The fourth-order valence-corrected chi connectivity index (χ4v) is 5.56. The molecule has 1 aliphatic carbocycles. The van der Waals surface area contributed by atoms with Crippen LogP contribution in [0.5, 0.6) is 0 Å². The van der Waals surface area contributed by atoms with Crippen LogP contribution in [0, 0.1) is 0 Å². The lowest BCUT2D eigenvalue weighted by Crippen LogP contribution is -2.11. The predicted molar refractivity (Wildman–Crippen MR) is 126 cm³/mol. The van der Waals surface area contributed by atoms with E-state index in [9.17, 15) is 0 Å². The van der Waals surface area contributed by atoms with Crippen LogP contribution in [-0.4, -0.2) is 4.98 Å². The van der Waals surface area contributed by atoms with E-state index >= 15 is 0 Å². The zero-order chi connectivity index (χ0) is 19.9. The number of hydrogen-bond acceptors (Lipinski definition) is 6. The van der Waals surface area contributed by atoms with Crippen molar-refractivity contribution in [2.24, 2.45) is 5.10 Å². The molecule has 3 aromatic carbocycles. The summed E-state index contributed by atoms with van der Waals surface area (Å²) < 4.78 is 1.17. The fraction of sp³-hybridized carbons (Fsp3) is 0. The number of benzene rings is 4. The van der Waals surface area contributed by atoms with Crippen molar-refractivity contribution < 1.29 is 0 Å². The standard InChI is InChI=1S/C24H16N4S2/c1-3-11-19-15(7-1)25-23-17(9-5-13-21(23)29-19)27-28-18-10-6-14-22-24(18)26-16-8-2-4-12-20(16)30-22/h1-14,25,27H. The van der Waals surface area contributed by atoms with Crippen LogP contribution in [-0.2, 0) is 0 Å². The lowest BCUT2D eigenvalue weighted by molar-refractivity contribution is 1.18. The lowest BCUT2D eigenvalue weighted by Gasteiger charge is -2.22. The summed E-state index contributed by atoms with van der Waals surface area (Å²) >= 11 is 3.50. The van der Waals surface area contributed by atoms with Crippen molar-refractivity contribution >= 4 is 50.4 Å². The quantitative estimate of drug-likeness (QED) is 0.245. The van der Waals surface area contributed by atoms with Crippen LogP contribution >= 0.6 is 23.1 Å². The topological polar surface area (TPSA) is 49.3 Å². The maximum Gasteiger partial charge on any atom is 0.110 e. The monoisotopic (exact) mass is 424 g/mol. The summed E-state index contributed by atoms with van der Waals surface area (Å²) in [5, 5.41) is 9.10. The molecular formula is C24H16N4S2. The molecule has 0 atom stereocenters. The van der Waals surface area contributed by atoms with Gasteiger partial charge in [0.2, 0.25) is 0 Å². The van der Waals surface area contributed by atoms with E-state index in [0.717, 1.165) is 38.5 Å². The number of hydrogen-bond donors (Lipinski definition) is 2. The third-order valence-electron chi connectivity index (χ3n) is 4.98. The van der Waals surface area contributed by atoms with Crippen molar-refractivity contribution in [3.8, 4) is 10.6 Å². The second-order valence-corrected chi connectivity index (χ2v) is 9.10. The van der Waals surface area contributed by atoms with Crippen molar-refractivity contribution in [3.63, 3.8) is 0 Å². The summed E-state index contributed by atoms with van der Waals surface area (Å²) in [6.45, 7) is 0. The van der Waals surface area contributed by atoms with E-state index in [4.69, 9.17) is 10.1 Å². The summed E-state index contributed by atoms with van der Waals surface area (Å²) in [4.78, 5) is 8.39. The molecule has 3 aromatic rings. The zero-order valence-electron chi connectivity index (χ0n) is 15.8. The molecular weight excluding hydrogens is 408 g/mol. The molecule has 0 amide bonds. The molecule has 2 aliphatic heterocycles. The minimum absolute atomic E-state index is 0.830. The summed E-state index contributed by atoms with van der Waals surface area (Å²) in [5.74, 6) is 0. The number of rotatable bonds is 2. The smallest absolute Gasteiger partial charge is 0.110 e. The van der Waals surface area contributed by atoms with Gasteiger partial charge in [-0.1, -0.05) is 48.2 Å². The summed E-state index contributed by atoms with van der Waals surface area (Å²) in [6, 6.07) is 28.9. The first-order valence-electron chi connectivity index (χ1n) is 9.60. The molecule has 4 nitrogen and oxygen atoms in total. The van der Waals surface area contributed by atoms with Gasteiger partial charge >= 0.3 is 0 Å². The first kappa shape index (κ1) is 17.5. The molecule has 6 heteroatoms. The molecule has 3 aliphatic rings. The van der Waals surface area contributed by atoms with Crippen molar-refractivity contribution in [1.29, 1.82) is 0 Å². The average Bonchev–Trinajstić information content (AvgIpc) is 2.80. The molecule has 0 bridgehead atoms. The van der Waals surface area contributed by atoms with Gasteiger partial charge in [-0.2, -0.15) is 5.10 Å². The third-order valence-corrected chi connectivity index (χ3v) is 7.24. The van der Waals surface area contributed by atoms with Crippen LogP contribution in [0.4, 0.5) is 17.1 Å². The van der Waals surface area contributed by atoms with E-state index < -0.39 is 0 Å². The van der Waals surface area contributed by atoms with Crippen LogP contribution in [0.1, 0.15) is 0 Å². The first-order chi connectivity index (χ1) is 14.8. The maximum absolute atomic E-state index is 4.86. The van der Waals surface area contributed by atoms with Gasteiger partial charge in [0.15, 0.2) is 0 Å². The minimum Gasteiger partial charge on any atom is -0.352 e. The highest BCUT2D eigenvalue weighted by Crippen LogP contribution is 2.46.